The SMILES string of the molecule is COC(=O)N1CCC([C@H](C(=O)NO)N2CC[C@@](N)(c3ccc(OCc4cc(C)nc(C)c4)cc3)C2=O)CC1. The van der Waals surface area contributed by atoms with Crippen LogP contribution in [0, 0.1) is 19.8 Å². The number of benzene rings is 1. The van der Waals surface area contributed by atoms with E-state index in [2.05, 4.69) is 4.98 Å². The van der Waals surface area contributed by atoms with Crippen LogP contribution in [0.2, 0.25) is 0 Å². The van der Waals surface area contributed by atoms with Crippen LogP contribution < -0.4 is 16.0 Å². The molecule has 1 aromatic carbocycles. The molecular formula is C27H35N5O6. The number of nitrogens with one attached hydrogen (secondary N) is 1. The Balaban J connectivity index is 1.45. The van der Waals surface area contributed by atoms with Crippen LogP contribution in [-0.4, -0.2) is 70.7 Å². The second-order valence-corrected chi connectivity index (χ2v) is 10.0. The number of hydrogen-bond donors (Lipinski definition) is 3. The first-order valence-corrected chi connectivity index (χ1v) is 12.7. The molecule has 2 atom stereocenters. The first-order chi connectivity index (χ1) is 18.2. The van der Waals surface area contributed by atoms with Crippen LogP contribution in [0.25, 0.3) is 0 Å². The van der Waals surface area contributed by atoms with Crippen LogP contribution >= 0.6 is 0 Å². The van der Waals surface area contributed by atoms with E-state index in [1.165, 1.54) is 12.0 Å². The Bertz CT molecular complexity index is 1160. The summed E-state index contributed by atoms with van der Waals surface area (Å²) < 4.78 is 10.7. The summed E-state index contributed by atoms with van der Waals surface area (Å²) >= 11 is 0. The van der Waals surface area contributed by atoms with E-state index in [9.17, 15) is 19.6 Å². The van der Waals surface area contributed by atoms with Gasteiger partial charge < -0.3 is 25.0 Å². The highest BCUT2D eigenvalue weighted by molar-refractivity contribution is 5.94. The van der Waals surface area contributed by atoms with Gasteiger partial charge in [-0.1, -0.05) is 12.1 Å². The van der Waals surface area contributed by atoms with Crippen molar-refractivity contribution in [1.82, 2.24) is 20.3 Å². The molecule has 0 unspecified atom stereocenters. The second kappa shape index (κ2) is 11.4. The van der Waals surface area contributed by atoms with Crippen LogP contribution in [0.1, 0.15) is 41.8 Å². The summed E-state index contributed by atoms with van der Waals surface area (Å²) in [6.45, 7) is 5.31. The van der Waals surface area contributed by atoms with Gasteiger partial charge in [0.25, 0.3) is 5.91 Å². The number of methoxy groups -OCH3 is 1. The fraction of sp³-hybridized carbons (Fsp3) is 0.481. The fourth-order valence-corrected chi connectivity index (χ4v) is 5.52. The molecule has 4 N–H and O–H groups in total. The first-order valence-electron chi connectivity index (χ1n) is 12.7. The lowest BCUT2D eigenvalue weighted by Gasteiger charge is -2.38. The number of carbonyl (C=O) groups excluding carboxylic acids is 3. The molecule has 2 aliphatic heterocycles. The number of pyridine rings is 1. The molecule has 2 aliphatic rings. The lowest BCUT2D eigenvalue weighted by atomic mass is 9.87. The van der Waals surface area contributed by atoms with Gasteiger partial charge in [0.2, 0.25) is 5.91 Å². The van der Waals surface area contributed by atoms with Crippen molar-refractivity contribution >= 4 is 17.9 Å². The molecule has 4 rings (SSSR count). The molecule has 11 nitrogen and oxygen atoms in total. The molecule has 0 spiro atoms. The van der Waals surface area contributed by atoms with Crippen LogP contribution in [-0.2, 0) is 26.5 Å². The van der Waals surface area contributed by atoms with Crippen LogP contribution in [0.15, 0.2) is 36.4 Å². The number of ether oxygens (including phenoxy) is 2. The molecule has 2 fully saturated rings. The van der Waals surface area contributed by atoms with Crippen LogP contribution in [0.4, 0.5) is 4.79 Å². The molecule has 1 aromatic heterocycles. The van der Waals surface area contributed by atoms with Gasteiger partial charge in [-0.2, -0.15) is 0 Å². The van der Waals surface area contributed by atoms with Gasteiger partial charge in [-0.3, -0.25) is 19.8 Å². The summed E-state index contributed by atoms with van der Waals surface area (Å²) in [4.78, 5) is 45.6. The molecule has 3 amide bonds. The lowest BCUT2D eigenvalue weighted by Crippen LogP contribution is -2.56. The standard InChI is InChI=1S/C27H35N5O6/c1-17-14-19(15-18(2)29-17)16-38-22-6-4-21(5-7-22)27(28)10-13-32(25(27)34)23(24(33)30-36)20-8-11-31(12-9-20)26(35)37-3/h4-7,14-15,20,23,36H,8-13,16,28H2,1-3H3,(H,30,33)/t23-,27-/m1/s1. The van der Waals surface area contributed by atoms with Crippen molar-refractivity contribution in [1.29, 1.82) is 0 Å². The zero-order chi connectivity index (χ0) is 27.4. The van der Waals surface area contributed by atoms with Gasteiger partial charge in [-0.15, -0.1) is 0 Å². The summed E-state index contributed by atoms with van der Waals surface area (Å²) in [5.74, 6) is -0.644. The van der Waals surface area contributed by atoms with Gasteiger partial charge in [0.15, 0.2) is 0 Å². The van der Waals surface area contributed by atoms with Gasteiger partial charge in [-0.25, -0.2) is 10.3 Å². The molecule has 0 aliphatic carbocycles. The molecule has 204 valence electrons. The molecule has 38 heavy (non-hydrogen) atoms. The van der Waals surface area contributed by atoms with Crippen molar-refractivity contribution < 1.29 is 29.1 Å². The second-order valence-electron chi connectivity index (χ2n) is 10.0. The van der Waals surface area contributed by atoms with Gasteiger partial charge >= 0.3 is 6.09 Å². The number of piperidine rings is 1. The van der Waals surface area contributed by atoms with Crippen molar-refractivity contribution in [2.24, 2.45) is 11.7 Å². The van der Waals surface area contributed by atoms with Crippen molar-refractivity contribution in [3.63, 3.8) is 0 Å². The Labute approximate surface area is 221 Å². The summed E-state index contributed by atoms with van der Waals surface area (Å²) in [5.41, 5.74) is 10.5. The number of nitrogens with two attached hydrogens (primary N) is 1. The number of amides is 3. The third-order valence-corrected chi connectivity index (χ3v) is 7.44. The Morgan fingerprint density at radius 3 is 2.37 bits per heavy atom. The van der Waals surface area contributed by atoms with Crippen LogP contribution in [0.3, 0.4) is 0 Å². The van der Waals surface area contributed by atoms with Gasteiger partial charge in [-0.05, 0) is 74.4 Å². The highest BCUT2D eigenvalue weighted by Gasteiger charge is 2.50. The van der Waals surface area contributed by atoms with Crippen molar-refractivity contribution in [3.8, 4) is 5.75 Å². The number of nitrogens with zero attached hydrogens (tertiary/aromatic N) is 3. The first kappa shape index (κ1) is 27.3. The predicted molar refractivity (Wildman–Crippen MR) is 137 cm³/mol. The summed E-state index contributed by atoms with van der Waals surface area (Å²) in [6.07, 6.45) is 0.856. The average Bonchev–Trinajstić information content (AvgIpc) is 3.22. The van der Waals surface area contributed by atoms with E-state index >= 15 is 0 Å². The zero-order valence-electron chi connectivity index (χ0n) is 22.0. The summed E-state index contributed by atoms with van der Waals surface area (Å²) in [7, 11) is 1.32. The quantitative estimate of drug-likeness (QED) is 0.367. The van der Waals surface area contributed by atoms with Gasteiger partial charge in [0, 0.05) is 31.0 Å². The van der Waals surface area contributed by atoms with E-state index in [0.717, 1.165) is 17.0 Å². The predicted octanol–water partition coefficient (Wildman–Crippen LogP) is 2.02. The van der Waals surface area contributed by atoms with Crippen molar-refractivity contribution in [2.45, 2.75) is 51.3 Å². The fourth-order valence-electron chi connectivity index (χ4n) is 5.52. The Morgan fingerprint density at radius 1 is 1.16 bits per heavy atom. The normalized spacial score (nSPS) is 20.8. The Kier molecular flexibility index (Phi) is 8.17. The molecule has 2 saturated heterocycles. The minimum atomic E-state index is -1.31. The van der Waals surface area contributed by atoms with E-state index in [1.807, 2.05) is 26.0 Å². The molecule has 0 radical (unpaired) electrons. The van der Waals surface area contributed by atoms with E-state index in [0.29, 0.717) is 50.3 Å². The number of hydrogen-bond acceptors (Lipinski definition) is 8. The monoisotopic (exact) mass is 525 g/mol. The molecule has 3 heterocycles. The molecule has 0 bridgehead atoms. The maximum Gasteiger partial charge on any atom is 0.409 e. The van der Waals surface area contributed by atoms with Gasteiger partial charge in [0.05, 0.1) is 7.11 Å². The molecule has 2 aromatic rings. The van der Waals surface area contributed by atoms with E-state index in [4.69, 9.17) is 15.2 Å². The lowest BCUT2D eigenvalue weighted by molar-refractivity contribution is -0.147. The van der Waals surface area contributed by atoms with E-state index in [-0.39, 0.29) is 18.4 Å². The largest absolute Gasteiger partial charge is 0.489 e. The number of aryl methyl sites for hydroxylation is 2. The molecule has 11 heteroatoms. The van der Waals surface area contributed by atoms with E-state index in [1.54, 1.807) is 34.6 Å². The number of aromatic nitrogens is 1. The highest BCUT2D eigenvalue weighted by atomic mass is 16.5. The smallest absolute Gasteiger partial charge is 0.409 e. The summed E-state index contributed by atoms with van der Waals surface area (Å²) in [6, 6.07) is 10.2. The minimum Gasteiger partial charge on any atom is -0.489 e. The maximum absolute atomic E-state index is 13.6. The highest BCUT2D eigenvalue weighted by Crippen LogP contribution is 2.36. The van der Waals surface area contributed by atoms with Crippen LogP contribution in [0.5, 0.6) is 5.75 Å². The molecule has 0 saturated carbocycles. The summed E-state index contributed by atoms with van der Waals surface area (Å²) in [5, 5.41) is 9.43. The topological polar surface area (TPSA) is 147 Å². The van der Waals surface area contributed by atoms with Crippen molar-refractivity contribution in [3.05, 3.63) is 58.9 Å². The Morgan fingerprint density at radius 2 is 1.79 bits per heavy atom. The number of hydroxylamine groups is 1. The number of carbonyl (C=O) groups is 3. The molecular weight excluding hydrogens is 490 g/mol. The number of rotatable bonds is 7. The van der Waals surface area contributed by atoms with Gasteiger partial charge in [0.1, 0.15) is 23.9 Å². The minimum absolute atomic E-state index is 0.245. The maximum atomic E-state index is 13.6. The Hall–Kier alpha value is -3.70. The third kappa shape index (κ3) is 5.58. The zero-order valence-corrected chi connectivity index (χ0v) is 22.0. The average molecular weight is 526 g/mol. The number of likely N-dealkylation sites (tertiary alicyclic amines) is 2. The third-order valence-electron chi connectivity index (χ3n) is 7.44. The van der Waals surface area contributed by atoms with E-state index < -0.39 is 23.6 Å². The van der Waals surface area contributed by atoms with Crippen molar-refractivity contribution in [2.75, 3.05) is 26.7 Å².